The smallest absolute Gasteiger partial charge is 0.228 e. The molecule has 5 nitrogen and oxygen atoms in total. The molecule has 3 aromatic rings. The number of nitrogens with zero attached hydrogens (tertiary/aromatic N) is 1. The van der Waals surface area contributed by atoms with Crippen molar-refractivity contribution in [2.45, 2.75) is 20.3 Å². The number of hydrogen-bond acceptors (Lipinski definition) is 4. The van der Waals surface area contributed by atoms with Crippen molar-refractivity contribution in [2.75, 3.05) is 5.32 Å². The lowest BCUT2D eigenvalue weighted by Crippen LogP contribution is -2.14. The van der Waals surface area contributed by atoms with Gasteiger partial charge in [-0.3, -0.25) is 4.79 Å². The van der Waals surface area contributed by atoms with Crippen molar-refractivity contribution in [2.24, 2.45) is 0 Å². The highest BCUT2D eigenvalue weighted by Gasteiger charge is 2.10. The Morgan fingerprint density at radius 2 is 1.83 bits per heavy atom. The van der Waals surface area contributed by atoms with Gasteiger partial charge in [0.1, 0.15) is 11.5 Å². The van der Waals surface area contributed by atoms with Crippen LogP contribution in [0.25, 0.3) is 11.5 Å². The number of aromatic nitrogens is 1. The minimum Gasteiger partial charge on any atom is -0.508 e. The summed E-state index contributed by atoms with van der Waals surface area (Å²) in [5.74, 6) is 1.30. The molecule has 0 unspecified atom stereocenters. The number of aromatic hydroxyl groups is 1. The Morgan fingerprint density at radius 1 is 1.12 bits per heavy atom. The molecule has 0 saturated heterocycles. The first-order valence-electron chi connectivity index (χ1n) is 7.64. The van der Waals surface area contributed by atoms with E-state index < -0.39 is 0 Å². The molecule has 0 aliphatic carbocycles. The van der Waals surface area contributed by atoms with Crippen molar-refractivity contribution in [3.05, 3.63) is 65.5 Å². The molecule has 0 spiro atoms. The van der Waals surface area contributed by atoms with Crippen LogP contribution in [0.15, 0.2) is 52.9 Å². The average Bonchev–Trinajstić information content (AvgIpc) is 2.89. The van der Waals surface area contributed by atoms with Crippen molar-refractivity contribution in [3.63, 3.8) is 0 Å². The van der Waals surface area contributed by atoms with Crippen LogP contribution in [0.4, 0.5) is 5.69 Å². The van der Waals surface area contributed by atoms with Crippen LogP contribution in [-0.2, 0) is 11.2 Å². The van der Waals surface area contributed by atoms with Gasteiger partial charge in [-0.1, -0.05) is 18.2 Å². The maximum Gasteiger partial charge on any atom is 0.228 e. The van der Waals surface area contributed by atoms with E-state index in [0.29, 0.717) is 17.1 Å². The quantitative estimate of drug-likeness (QED) is 0.765. The van der Waals surface area contributed by atoms with E-state index in [4.69, 9.17) is 4.42 Å². The Hall–Kier alpha value is -3.08. The minimum absolute atomic E-state index is 0.118. The molecular weight excluding hydrogens is 304 g/mol. The van der Waals surface area contributed by atoms with E-state index in [9.17, 15) is 9.90 Å². The van der Waals surface area contributed by atoms with Crippen LogP contribution < -0.4 is 5.32 Å². The van der Waals surface area contributed by atoms with Gasteiger partial charge in [-0.05, 0) is 44.2 Å². The lowest BCUT2D eigenvalue weighted by atomic mass is 10.1. The van der Waals surface area contributed by atoms with Gasteiger partial charge < -0.3 is 14.8 Å². The van der Waals surface area contributed by atoms with E-state index in [0.717, 1.165) is 17.0 Å². The average molecular weight is 322 g/mol. The van der Waals surface area contributed by atoms with Crippen LogP contribution in [0, 0.1) is 13.8 Å². The van der Waals surface area contributed by atoms with Crippen LogP contribution in [0.3, 0.4) is 0 Å². The minimum atomic E-state index is -0.188. The molecule has 1 aromatic heterocycles. The van der Waals surface area contributed by atoms with Crippen molar-refractivity contribution in [3.8, 4) is 17.2 Å². The third-order valence-electron chi connectivity index (χ3n) is 3.79. The Bertz CT molecular complexity index is 847. The number of benzene rings is 2. The molecule has 0 fully saturated rings. The van der Waals surface area contributed by atoms with Crippen LogP contribution in [-0.4, -0.2) is 16.0 Å². The van der Waals surface area contributed by atoms with Gasteiger partial charge in [-0.15, -0.1) is 0 Å². The summed E-state index contributed by atoms with van der Waals surface area (Å²) < 4.78 is 5.59. The number of carbonyl (C=O) groups is 1. The number of nitrogens with one attached hydrogen (secondary N) is 1. The van der Waals surface area contributed by atoms with E-state index in [1.165, 1.54) is 0 Å². The molecular formula is C19H18N2O3. The Balaban J connectivity index is 1.68. The Morgan fingerprint density at radius 3 is 2.46 bits per heavy atom. The molecule has 3 rings (SSSR count). The van der Waals surface area contributed by atoms with Gasteiger partial charge in [0, 0.05) is 16.8 Å². The highest BCUT2D eigenvalue weighted by atomic mass is 16.4. The fraction of sp³-hybridized carbons (Fsp3) is 0.158. The highest BCUT2D eigenvalue weighted by molar-refractivity contribution is 5.92. The molecule has 24 heavy (non-hydrogen) atoms. The van der Waals surface area contributed by atoms with Crippen LogP contribution in [0.5, 0.6) is 5.75 Å². The number of hydrogen-bond donors (Lipinski definition) is 2. The number of phenols is 1. The first-order valence-corrected chi connectivity index (χ1v) is 7.64. The summed E-state index contributed by atoms with van der Waals surface area (Å²) in [6, 6.07) is 14.1. The number of rotatable bonds is 4. The second kappa shape index (κ2) is 6.58. The summed E-state index contributed by atoms with van der Waals surface area (Å²) in [5.41, 5.74) is 2.99. The molecule has 5 heteroatoms. The van der Waals surface area contributed by atoms with Gasteiger partial charge in [0.15, 0.2) is 0 Å². The van der Waals surface area contributed by atoms with E-state index >= 15 is 0 Å². The fourth-order valence-corrected chi connectivity index (χ4v) is 2.33. The monoisotopic (exact) mass is 322 g/mol. The van der Waals surface area contributed by atoms with Gasteiger partial charge in [-0.25, -0.2) is 4.98 Å². The van der Waals surface area contributed by atoms with Gasteiger partial charge >= 0.3 is 0 Å². The van der Waals surface area contributed by atoms with Crippen molar-refractivity contribution < 1.29 is 14.3 Å². The van der Waals surface area contributed by atoms with E-state index in [2.05, 4.69) is 10.3 Å². The third-order valence-corrected chi connectivity index (χ3v) is 3.79. The second-order valence-corrected chi connectivity index (χ2v) is 5.59. The zero-order chi connectivity index (χ0) is 17.1. The molecule has 2 aromatic carbocycles. The summed E-state index contributed by atoms with van der Waals surface area (Å²) in [4.78, 5) is 16.4. The standard InChI is InChI=1S/C19H18N2O3/c1-12-13(2)24-19(20-12)14-7-9-16(10-8-14)21-18(23)11-15-5-3-4-6-17(15)22/h3-10,22H,11H2,1-2H3,(H,21,23). The summed E-state index contributed by atoms with van der Waals surface area (Å²) >= 11 is 0. The molecule has 122 valence electrons. The summed E-state index contributed by atoms with van der Waals surface area (Å²) in [5, 5.41) is 12.5. The zero-order valence-electron chi connectivity index (χ0n) is 13.5. The van der Waals surface area contributed by atoms with Crippen molar-refractivity contribution in [1.29, 1.82) is 0 Å². The number of amides is 1. The molecule has 0 atom stereocenters. The van der Waals surface area contributed by atoms with Crippen molar-refractivity contribution >= 4 is 11.6 Å². The number of aryl methyl sites for hydroxylation is 2. The molecule has 0 aliphatic rings. The number of anilines is 1. The van der Waals surface area contributed by atoms with Crippen molar-refractivity contribution in [1.82, 2.24) is 4.98 Å². The molecule has 2 N–H and O–H groups in total. The maximum absolute atomic E-state index is 12.1. The van der Waals surface area contributed by atoms with Gasteiger partial charge in [0.2, 0.25) is 11.8 Å². The Kier molecular flexibility index (Phi) is 4.33. The van der Waals surface area contributed by atoms with E-state index in [1.54, 1.807) is 36.4 Å². The van der Waals surface area contributed by atoms with E-state index in [-0.39, 0.29) is 18.1 Å². The molecule has 1 amide bonds. The lowest BCUT2D eigenvalue weighted by Gasteiger charge is -2.07. The second-order valence-electron chi connectivity index (χ2n) is 5.59. The summed E-state index contributed by atoms with van der Waals surface area (Å²) in [6.45, 7) is 3.77. The summed E-state index contributed by atoms with van der Waals surface area (Å²) in [7, 11) is 0. The van der Waals surface area contributed by atoms with Gasteiger partial charge in [0.25, 0.3) is 0 Å². The predicted molar refractivity (Wildman–Crippen MR) is 91.9 cm³/mol. The number of para-hydroxylation sites is 1. The summed E-state index contributed by atoms with van der Waals surface area (Å²) in [6.07, 6.45) is 0.118. The highest BCUT2D eigenvalue weighted by Crippen LogP contribution is 2.23. The number of oxazole rings is 1. The first-order chi connectivity index (χ1) is 11.5. The molecule has 0 bridgehead atoms. The third kappa shape index (κ3) is 3.46. The molecule has 0 saturated carbocycles. The largest absolute Gasteiger partial charge is 0.508 e. The molecule has 1 heterocycles. The molecule has 0 aliphatic heterocycles. The van der Waals surface area contributed by atoms with E-state index in [1.807, 2.05) is 26.0 Å². The Labute approximate surface area is 140 Å². The van der Waals surface area contributed by atoms with Crippen LogP contribution in [0.1, 0.15) is 17.0 Å². The van der Waals surface area contributed by atoms with Gasteiger partial charge in [-0.2, -0.15) is 0 Å². The lowest BCUT2D eigenvalue weighted by molar-refractivity contribution is -0.115. The van der Waals surface area contributed by atoms with Gasteiger partial charge in [0.05, 0.1) is 12.1 Å². The number of phenolic OH excluding ortho intramolecular Hbond substituents is 1. The molecule has 0 radical (unpaired) electrons. The SMILES string of the molecule is Cc1nc(-c2ccc(NC(=O)Cc3ccccc3O)cc2)oc1C. The number of carbonyl (C=O) groups excluding carboxylic acids is 1. The predicted octanol–water partition coefficient (Wildman–Crippen LogP) is 3.85. The maximum atomic E-state index is 12.1. The topological polar surface area (TPSA) is 75.4 Å². The fourth-order valence-electron chi connectivity index (χ4n) is 2.33. The van der Waals surface area contributed by atoms with Crippen LogP contribution >= 0.6 is 0 Å². The van der Waals surface area contributed by atoms with Crippen LogP contribution in [0.2, 0.25) is 0 Å². The normalized spacial score (nSPS) is 10.6. The first kappa shape index (κ1) is 15.8. The zero-order valence-corrected chi connectivity index (χ0v) is 13.5.